The molecule has 1 aromatic heterocycles. The van der Waals surface area contributed by atoms with Crippen molar-refractivity contribution in [3.63, 3.8) is 0 Å². The van der Waals surface area contributed by atoms with Crippen LogP contribution in [0.3, 0.4) is 0 Å². The maximum absolute atomic E-state index is 14.0. The summed E-state index contributed by atoms with van der Waals surface area (Å²) in [7, 11) is 1.58. The Morgan fingerprint density at radius 1 is 0.978 bits per heavy atom. The van der Waals surface area contributed by atoms with Crippen molar-refractivity contribution >= 4 is 63.8 Å². The molecule has 0 spiro atoms. The smallest absolute Gasteiger partial charge is 0.305 e. The Bertz CT molecular complexity index is 1930. The maximum Gasteiger partial charge on any atom is 0.305 e. The standard InChI is InChI=1S/C34H28ClN3O6S2/c1-43-20-11-7-18(8-12-20)36-24(39)15-44-21-4-2-3-16(13-21)25-26-22-14-23(29(26)45-31-30(25)46-34(42)37-31)28-27(22)32(40)38(33(28)41)19-9-5-17(35)6-10-19/h2-13,22-23,25-29H,14-15H2,1H3,(H,36,39)(H,37,42)/t22?,23?,25-,26?,27?,28?,29?/m1/s1. The first-order chi connectivity index (χ1) is 22.3. The molecule has 46 heavy (non-hydrogen) atoms. The first kappa shape index (κ1) is 29.3. The number of methoxy groups -OCH3 is 1. The number of nitrogens with one attached hydrogen (secondary N) is 2. The molecule has 6 unspecified atom stereocenters. The highest BCUT2D eigenvalue weighted by Crippen LogP contribution is 2.68. The summed E-state index contributed by atoms with van der Waals surface area (Å²) in [5, 5.41) is 4.26. The SMILES string of the molecule is COc1ccc(NC(=O)COc2cccc([C@H]3c4sc(=O)[nH]c4SC4C5CC(C6C(=O)N(c7ccc(Cl)cc7)C(=O)C56)C43)c2)cc1. The van der Waals surface area contributed by atoms with Crippen molar-refractivity contribution in [2.75, 3.05) is 23.9 Å². The van der Waals surface area contributed by atoms with Gasteiger partial charge in [0, 0.05) is 26.8 Å². The molecule has 4 aliphatic rings. The van der Waals surface area contributed by atoms with Crippen LogP contribution in [0.25, 0.3) is 0 Å². The summed E-state index contributed by atoms with van der Waals surface area (Å²) in [6.07, 6.45) is 0.793. The van der Waals surface area contributed by atoms with Gasteiger partial charge in [0.25, 0.3) is 5.91 Å². The van der Waals surface area contributed by atoms with Crippen molar-refractivity contribution in [1.82, 2.24) is 4.98 Å². The van der Waals surface area contributed by atoms with Gasteiger partial charge in [0.2, 0.25) is 11.8 Å². The van der Waals surface area contributed by atoms with Crippen molar-refractivity contribution in [1.29, 1.82) is 0 Å². The van der Waals surface area contributed by atoms with Gasteiger partial charge in [-0.2, -0.15) is 0 Å². The predicted molar refractivity (Wildman–Crippen MR) is 176 cm³/mol. The van der Waals surface area contributed by atoms with Crippen LogP contribution in [0.2, 0.25) is 5.02 Å². The molecule has 2 aliphatic heterocycles. The normalized spacial score (nSPS) is 27.3. The molecule has 0 radical (unpaired) electrons. The number of fused-ring (bicyclic) bond motifs is 9. The van der Waals surface area contributed by atoms with E-state index in [0.717, 1.165) is 21.9 Å². The predicted octanol–water partition coefficient (Wildman–Crippen LogP) is 5.79. The molecule has 3 fully saturated rings. The molecule has 4 aromatic rings. The van der Waals surface area contributed by atoms with E-state index in [1.165, 1.54) is 16.2 Å². The van der Waals surface area contributed by atoms with Gasteiger partial charge in [-0.25, -0.2) is 0 Å². The molecule has 3 aromatic carbocycles. The first-order valence-corrected chi connectivity index (χ1v) is 17.1. The summed E-state index contributed by atoms with van der Waals surface area (Å²) in [6.45, 7) is -0.184. The zero-order chi connectivity index (χ0) is 31.7. The number of ether oxygens (including phenoxy) is 2. The number of thiazole rings is 1. The lowest BCUT2D eigenvalue weighted by atomic mass is 9.68. The number of aromatic nitrogens is 1. The lowest BCUT2D eigenvalue weighted by molar-refractivity contribution is -0.123. The summed E-state index contributed by atoms with van der Waals surface area (Å²) in [5.74, 6) is -0.281. The third-order valence-corrected chi connectivity index (χ3v) is 12.6. The van der Waals surface area contributed by atoms with Crippen molar-refractivity contribution in [2.45, 2.75) is 22.6 Å². The zero-order valence-electron chi connectivity index (χ0n) is 24.5. The number of thioether (sulfide) groups is 1. The minimum absolute atomic E-state index is 0.0129. The second-order valence-corrected chi connectivity index (χ2v) is 14.7. The molecular weight excluding hydrogens is 646 g/mol. The zero-order valence-corrected chi connectivity index (χ0v) is 26.9. The van der Waals surface area contributed by atoms with Crippen LogP contribution in [0.4, 0.5) is 11.4 Å². The average Bonchev–Trinajstić information content (AvgIpc) is 3.80. The largest absolute Gasteiger partial charge is 0.497 e. The van der Waals surface area contributed by atoms with Gasteiger partial charge in [-0.05, 0) is 90.4 Å². The number of imide groups is 1. The highest BCUT2D eigenvalue weighted by atomic mass is 35.5. The van der Waals surface area contributed by atoms with Crippen molar-refractivity contribution in [3.05, 3.63) is 97.9 Å². The number of amides is 3. The van der Waals surface area contributed by atoms with Gasteiger partial charge >= 0.3 is 4.87 Å². The minimum Gasteiger partial charge on any atom is -0.497 e. The molecule has 2 saturated carbocycles. The molecule has 2 aliphatic carbocycles. The van der Waals surface area contributed by atoms with Crippen LogP contribution in [0.1, 0.15) is 22.8 Å². The van der Waals surface area contributed by atoms with Crippen molar-refractivity contribution < 1.29 is 23.9 Å². The van der Waals surface area contributed by atoms with E-state index in [1.54, 1.807) is 73.5 Å². The molecule has 12 heteroatoms. The Balaban J connectivity index is 1.07. The number of anilines is 2. The van der Waals surface area contributed by atoms with Crippen LogP contribution in [-0.4, -0.2) is 41.7 Å². The fraction of sp³-hybridized carbons (Fsp3) is 0.294. The Morgan fingerprint density at radius 2 is 1.72 bits per heavy atom. The van der Waals surface area contributed by atoms with Crippen LogP contribution in [0, 0.1) is 29.6 Å². The second-order valence-electron chi connectivity index (χ2n) is 12.1. The number of halogens is 1. The summed E-state index contributed by atoms with van der Waals surface area (Å²) < 4.78 is 11.1. The van der Waals surface area contributed by atoms with E-state index >= 15 is 0 Å². The van der Waals surface area contributed by atoms with E-state index in [2.05, 4.69) is 10.3 Å². The monoisotopic (exact) mass is 673 g/mol. The highest BCUT2D eigenvalue weighted by Gasteiger charge is 2.69. The van der Waals surface area contributed by atoms with E-state index in [9.17, 15) is 19.2 Å². The molecule has 3 heterocycles. The third-order valence-electron chi connectivity index (χ3n) is 9.77. The first-order valence-electron chi connectivity index (χ1n) is 15.0. The number of carbonyl (C=O) groups excluding carboxylic acids is 3. The van der Waals surface area contributed by atoms with Crippen molar-refractivity contribution in [3.8, 4) is 11.5 Å². The number of carbonyl (C=O) groups is 3. The van der Waals surface area contributed by atoms with Gasteiger partial charge in [-0.15, -0.1) is 11.8 Å². The maximum atomic E-state index is 14.0. The van der Waals surface area contributed by atoms with E-state index in [1.807, 2.05) is 18.2 Å². The topological polar surface area (TPSA) is 118 Å². The number of nitrogens with zero attached hydrogens (tertiary/aromatic N) is 1. The number of aromatic amines is 1. The lowest BCUT2D eigenvalue weighted by Crippen LogP contribution is -2.42. The second kappa shape index (κ2) is 11.3. The fourth-order valence-electron chi connectivity index (χ4n) is 8.05. The van der Waals surface area contributed by atoms with Crippen LogP contribution < -0.4 is 24.6 Å². The summed E-state index contributed by atoms with van der Waals surface area (Å²) >= 11 is 8.93. The number of H-pyrrole nitrogens is 1. The van der Waals surface area contributed by atoms with Gasteiger partial charge < -0.3 is 19.8 Å². The Hall–Kier alpha value is -4.06. The van der Waals surface area contributed by atoms with Gasteiger partial charge in [-0.1, -0.05) is 35.1 Å². The fourth-order valence-corrected chi connectivity index (χ4v) is 11.1. The number of hydrogen-bond acceptors (Lipinski definition) is 8. The highest BCUT2D eigenvalue weighted by molar-refractivity contribution is 8.00. The third kappa shape index (κ3) is 4.75. The molecule has 2 N–H and O–H groups in total. The molecule has 9 nitrogen and oxygen atoms in total. The van der Waals surface area contributed by atoms with Crippen molar-refractivity contribution in [2.24, 2.45) is 29.6 Å². The average molecular weight is 674 g/mol. The van der Waals surface area contributed by atoms with Crippen LogP contribution in [0.5, 0.6) is 11.5 Å². The molecular formula is C34H28ClN3O6S2. The molecule has 7 atom stereocenters. The van der Waals surface area contributed by atoms with Gasteiger partial charge in [0.05, 0.1) is 29.7 Å². The number of hydrogen-bond donors (Lipinski definition) is 2. The molecule has 3 amide bonds. The van der Waals surface area contributed by atoms with Crippen LogP contribution >= 0.6 is 34.7 Å². The number of rotatable bonds is 7. The lowest BCUT2D eigenvalue weighted by Gasteiger charge is -2.43. The molecule has 8 rings (SSSR count). The van der Waals surface area contributed by atoms with E-state index in [4.69, 9.17) is 21.1 Å². The number of benzene rings is 3. The van der Waals surface area contributed by atoms with E-state index in [-0.39, 0.29) is 64.0 Å². The van der Waals surface area contributed by atoms with Gasteiger partial charge in [-0.3, -0.25) is 24.1 Å². The van der Waals surface area contributed by atoms with Gasteiger partial charge in [0.1, 0.15) is 11.5 Å². The summed E-state index contributed by atoms with van der Waals surface area (Å²) in [6, 6.07) is 21.5. The van der Waals surface area contributed by atoms with Crippen LogP contribution in [0.15, 0.2) is 82.6 Å². The van der Waals surface area contributed by atoms with Gasteiger partial charge in [0.15, 0.2) is 6.61 Å². The molecule has 2 bridgehead atoms. The van der Waals surface area contributed by atoms with Crippen LogP contribution in [-0.2, 0) is 14.4 Å². The van der Waals surface area contributed by atoms with E-state index in [0.29, 0.717) is 27.9 Å². The molecule has 1 saturated heterocycles. The summed E-state index contributed by atoms with van der Waals surface area (Å²) in [5.41, 5.74) is 2.13. The Kier molecular flexibility index (Phi) is 7.23. The Labute approximate surface area is 277 Å². The molecule has 234 valence electrons. The quantitative estimate of drug-likeness (QED) is 0.238. The minimum atomic E-state index is -0.407. The Morgan fingerprint density at radius 3 is 2.46 bits per heavy atom. The van der Waals surface area contributed by atoms with E-state index < -0.39 is 5.92 Å². The summed E-state index contributed by atoms with van der Waals surface area (Å²) in [4.78, 5) is 58.3.